The highest BCUT2D eigenvalue weighted by Crippen LogP contribution is 2.49. The predicted octanol–water partition coefficient (Wildman–Crippen LogP) is 9.65. The summed E-state index contributed by atoms with van der Waals surface area (Å²) in [5.74, 6) is -0.564. The van der Waals surface area contributed by atoms with E-state index >= 15 is 4.39 Å². The van der Waals surface area contributed by atoms with Crippen LogP contribution in [-0.4, -0.2) is 103 Å². The number of amides is 1. The molecular formula is C53H66FN7O9S. The molecule has 2 saturated carbocycles. The maximum atomic E-state index is 15.1. The van der Waals surface area contributed by atoms with Gasteiger partial charge in [-0.1, -0.05) is 44.5 Å². The smallest absolute Gasteiger partial charge is 0.293 e. The van der Waals surface area contributed by atoms with Gasteiger partial charge in [0.05, 0.1) is 32.5 Å². The van der Waals surface area contributed by atoms with E-state index in [4.69, 9.17) is 14.2 Å². The molecule has 380 valence electrons. The van der Waals surface area contributed by atoms with E-state index in [-0.39, 0.29) is 63.7 Å². The highest BCUT2D eigenvalue weighted by Gasteiger charge is 2.49. The van der Waals surface area contributed by atoms with Crippen molar-refractivity contribution in [2.24, 2.45) is 11.3 Å². The molecule has 4 aliphatic rings. The van der Waals surface area contributed by atoms with Gasteiger partial charge in [0.1, 0.15) is 29.5 Å². The maximum Gasteiger partial charge on any atom is 0.293 e. The summed E-state index contributed by atoms with van der Waals surface area (Å²) in [5.41, 5.74) is 2.84. The zero-order chi connectivity index (χ0) is 50.2. The van der Waals surface area contributed by atoms with Crippen molar-refractivity contribution in [3.05, 3.63) is 106 Å². The number of carbonyl (C=O) groups is 1. The Morgan fingerprint density at radius 3 is 2.46 bits per heavy atom. The normalized spacial score (nSPS) is 22.9. The first kappa shape index (κ1) is 50.1. The van der Waals surface area contributed by atoms with Crippen LogP contribution in [0.3, 0.4) is 0 Å². The van der Waals surface area contributed by atoms with Crippen molar-refractivity contribution < 1.29 is 41.8 Å². The predicted molar refractivity (Wildman–Crippen MR) is 270 cm³/mol. The topological polar surface area (TPSA) is 201 Å². The number of likely N-dealkylation sites (tertiary alicyclic amines) is 1. The number of hydrogen-bond donors (Lipinski definition) is 4. The second-order valence-electron chi connectivity index (χ2n) is 20.9. The molecular weight excluding hydrogens is 930 g/mol. The van der Waals surface area contributed by atoms with E-state index in [0.29, 0.717) is 37.3 Å². The molecule has 2 aliphatic carbocycles. The number of methoxy groups -OCH3 is 1. The van der Waals surface area contributed by atoms with E-state index in [1.54, 1.807) is 26.0 Å². The number of benzene rings is 3. The number of pyridine rings is 1. The molecule has 0 unspecified atom stereocenters. The Balaban J connectivity index is 0.951. The van der Waals surface area contributed by atoms with Crippen molar-refractivity contribution in [2.75, 3.05) is 56.7 Å². The van der Waals surface area contributed by atoms with Crippen molar-refractivity contribution in [1.82, 2.24) is 19.6 Å². The van der Waals surface area contributed by atoms with E-state index in [1.807, 2.05) is 0 Å². The zero-order valence-electron chi connectivity index (χ0n) is 41.2. The Labute approximate surface area is 414 Å². The summed E-state index contributed by atoms with van der Waals surface area (Å²) < 4.78 is 62.9. The lowest BCUT2D eigenvalue weighted by molar-refractivity contribution is -0.384. The molecule has 1 amide bonds. The molecule has 2 aliphatic heterocycles. The van der Waals surface area contributed by atoms with Crippen LogP contribution in [0.15, 0.2) is 77.8 Å². The number of aromatic nitrogens is 2. The van der Waals surface area contributed by atoms with E-state index in [2.05, 4.69) is 67.9 Å². The molecule has 2 aromatic heterocycles. The fourth-order valence-corrected chi connectivity index (χ4v) is 12.2. The number of halogens is 1. The molecule has 71 heavy (non-hydrogen) atoms. The van der Waals surface area contributed by atoms with Gasteiger partial charge in [0.2, 0.25) is 0 Å². The van der Waals surface area contributed by atoms with Crippen LogP contribution in [-0.2, 0) is 14.8 Å². The van der Waals surface area contributed by atoms with Crippen molar-refractivity contribution >= 4 is 44.0 Å². The highest BCUT2D eigenvalue weighted by atomic mass is 32.2. The third kappa shape index (κ3) is 10.9. The van der Waals surface area contributed by atoms with E-state index < -0.39 is 42.9 Å². The van der Waals surface area contributed by atoms with Gasteiger partial charge >= 0.3 is 0 Å². The van der Waals surface area contributed by atoms with Crippen LogP contribution in [0.2, 0.25) is 0 Å². The number of ether oxygens (including phenoxy) is 3. The number of anilines is 2. The molecule has 9 rings (SSSR count). The van der Waals surface area contributed by atoms with Gasteiger partial charge in [-0.2, -0.15) is 4.98 Å². The summed E-state index contributed by atoms with van der Waals surface area (Å²) in [4.78, 5) is 37.6. The molecule has 5 aromatic rings. The zero-order valence-corrected chi connectivity index (χ0v) is 42.0. The van der Waals surface area contributed by atoms with Gasteiger partial charge in [0.15, 0.2) is 5.75 Å². The molecule has 2 saturated heterocycles. The molecule has 0 radical (unpaired) electrons. The molecule has 16 nitrogen and oxygen atoms in total. The van der Waals surface area contributed by atoms with Gasteiger partial charge in [-0.25, -0.2) is 17.5 Å². The minimum atomic E-state index is -4.69. The number of sulfonamides is 1. The van der Waals surface area contributed by atoms with E-state index in [1.165, 1.54) is 61.8 Å². The number of aromatic amines is 1. The first-order valence-corrected chi connectivity index (χ1v) is 26.4. The third-order valence-corrected chi connectivity index (χ3v) is 16.9. The fourth-order valence-electron chi connectivity index (χ4n) is 11.2. The van der Waals surface area contributed by atoms with Crippen LogP contribution in [0.1, 0.15) is 119 Å². The molecule has 0 bridgehead atoms. The van der Waals surface area contributed by atoms with Gasteiger partial charge in [0.25, 0.3) is 27.5 Å². The van der Waals surface area contributed by atoms with Crippen LogP contribution < -0.4 is 24.4 Å². The average Bonchev–Trinajstić information content (AvgIpc) is 3.97. The summed E-state index contributed by atoms with van der Waals surface area (Å²) in [6, 6.07) is 19.2. The fraction of sp³-hybridized carbons (Fsp3) is 0.509. The number of nitro benzene ring substituents is 1. The number of hydrogen-bond acceptors (Lipinski definition) is 13. The number of carbonyl (C=O) groups excluding carboxylic acids is 1. The highest BCUT2D eigenvalue weighted by molar-refractivity contribution is 7.90. The second-order valence-corrected chi connectivity index (χ2v) is 22.6. The van der Waals surface area contributed by atoms with Crippen LogP contribution in [0.5, 0.6) is 17.4 Å². The van der Waals surface area contributed by atoms with Gasteiger partial charge in [-0.15, -0.1) is 0 Å². The van der Waals surface area contributed by atoms with Crippen molar-refractivity contribution in [2.45, 2.75) is 120 Å². The second kappa shape index (κ2) is 20.4. The van der Waals surface area contributed by atoms with Gasteiger partial charge < -0.3 is 34.5 Å². The standard InChI is InChI=1S/C53H66FN7O9S/c1-33(2)38-9-6-7-10-39(38)40-11-8-12-45(40)60-31-53(32-60)21-23-59(24-22-53)36-13-15-41(47(25-36)70-48-27-42-43(54)29-56-49(42)57-51(48)69-30-34(3)68-5)50(62)58-71(66,67)37-14-16-44(46(26-37)61(64)65)55-28-35-17-19-52(4,63)20-18-35/h6-7,9-10,13-16,25-27,29,33-35,40,45,55,63H,8,11-12,17-24,28,30-32H2,1-5H3,(H,56,57)(H,58,62)/t34-,35?,40-,45-,52?/m1/s1. The summed E-state index contributed by atoms with van der Waals surface area (Å²) in [6.45, 7) is 12.2. The van der Waals surface area contributed by atoms with Gasteiger partial charge in [-0.05, 0) is 124 Å². The van der Waals surface area contributed by atoms with Crippen LogP contribution in [0, 0.1) is 27.3 Å². The molecule has 3 aromatic carbocycles. The Morgan fingerprint density at radius 2 is 1.75 bits per heavy atom. The lowest BCUT2D eigenvalue weighted by Crippen LogP contribution is -2.63. The van der Waals surface area contributed by atoms with E-state index in [9.17, 15) is 28.4 Å². The Morgan fingerprint density at radius 1 is 1.00 bits per heavy atom. The largest absolute Gasteiger partial charge is 0.472 e. The molecule has 3 atom stereocenters. The van der Waals surface area contributed by atoms with Crippen molar-refractivity contribution in [1.29, 1.82) is 0 Å². The number of nitrogens with one attached hydrogen (secondary N) is 3. The van der Waals surface area contributed by atoms with Crippen molar-refractivity contribution in [3.63, 3.8) is 0 Å². The monoisotopic (exact) mass is 995 g/mol. The Bertz CT molecular complexity index is 2870. The van der Waals surface area contributed by atoms with Crippen LogP contribution in [0.4, 0.5) is 21.5 Å². The van der Waals surface area contributed by atoms with Crippen molar-refractivity contribution in [3.8, 4) is 17.4 Å². The minimum absolute atomic E-state index is 0.0179. The van der Waals surface area contributed by atoms with Gasteiger partial charge in [0, 0.05) is 76.0 Å². The number of nitrogens with zero attached hydrogens (tertiary/aromatic N) is 4. The summed E-state index contributed by atoms with van der Waals surface area (Å²) in [5, 5.41) is 25.8. The Hall–Kier alpha value is -5.82. The molecule has 4 N–H and O–H groups in total. The number of nitro groups is 1. The lowest BCUT2D eigenvalue weighted by atomic mass is 9.70. The van der Waals surface area contributed by atoms with Crippen LogP contribution in [0.25, 0.3) is 11.0 Å². The lowest BCUT2D eigenvalue weighted by Gasteiger charge is -2.57. The number of H-pyrrole nitrogens is 1. The first-order chi connectivity index (χ1) is 33.9. The Kier molecular flexibility index (Phi) is 14.4. The van der Waals surface area contributed by atoms with Crippen LogP contribution >= 0.6 is 0 Å². The van der Waals surface area contributed by atoms with Gasteiger partial charge in [-0.3, -0.25) is 19.8 Å². The summed E-state index contributed by atoms with van der Waals surface area (Å²) in [7, 11) is -3.15. The quantitative estimate of drug-likeness (QED) is 0.0507. The summed E-state index contributed by atoms with van der Waals surface area (Å²) in [6.07, 6.45) is 9.09. The SMILES string of the molecule is CO[C@H](C)COc1nc2[nH]cc(F)c2cc1Oc1cc(N2CCC3(CC2)CN([C@@H]2CCC[C@@H]2c2ccccc2C(C)C)C3)ccc1C(=O)NS(=O)(=O)c1ccc(NCC2CCC(C)(O)CC2)c([N+](=O)[O-])c1. The van der Waals surface area contributed by atoms with E-state index in [0.717, 1.165) is 69.8 Å². The molecule has 4 fully saturated rings. The first-order valence-electron chi connectivity index (χ1n) is 25.0. The number of rotatable bonds is 17. The number of aliphatic hydroxyl groups is 1. The molecule has 4 heterocycles. The maximum absolute atomic E-state index is 15.1. The number of piperidine rings is 1. The summed E-state index contributed by atoms with van der Waals surface area (Å²) >= 11 is 0. The molecule has 1 spiro atoms. The minimum Gasteiger partial charge on any atom is -0.472 e. The average molecular weight is 996 g/mol. The number of fused-ring (bicyclic) bond motifs is 1. The molecule has 18 heteroatoms. The third-order valence-electron chi connectivity index (χ3n) is 15.5.